The van der Waals surface area contributed by atoms with E-state index in [1.807, 2.05) is 37.4 Å². The molecule has 144 valence electrons. The van der Waals surface area contributed by atoms with Crippen LogP contribution in [0.25, 0.3) is 0 Å². The third-order valence-electron chi connectivity index (χ3n) is 6.28. The van der Waals surface area contributed by atoms with Crippen molar-refractivity contribution < 1.29 is 9.90 Å². The van der Waals surface area contributed by atoms with Crippen LogP contribution in [0.3, 0.4) is 0 Å². The first-order chi connectivity index (χ1) is 12.6. The molecule has 1 saturated heterocycles. The van der Waals surface area contributed by atoms with Crippen LogP contribution < -0.4 is 0 Å². The van der Waals surface area contributed by atoms with Crippen molar-refractivity contribution in [3.8, 4) is 0 Å². The quantitative estimate of drug-likeness (QED) is 0.848. The average Bonchev–Trinajstić information content (AvgIpc) is 2.73. The number of hydrogen-bond acceptors (Lipinski definition) is 3. The van der Waals surface area contributed by atoms with E-state index < -0.39 is 5.60 Å². The van der Waals surface area contributed by atoms with Gasteiger partial charge in [-0.15, -0.1) is 0 Å². The zero-order chi connectivity index (χ0) is 18.4. The third-order valence-corrected chi connectivity index (χ3v) is 6.28. The predicted octanol–water partition coefficient (Wildman–Crippen LogP) is 3.40. The summed E-state index contributed by atoms with van der Waals surface area (Å²) in [5, 5.41) is 11.7. The van der Waals surface area contributed by atoms with Crippen molar-refractivity contribution in [2.75, 3.05) is 33.2 Å². The molecule has 2 aliphatic rings. The molecule has 0 radical (unpaired) electrons. The number of nitrogens with zero attached hydrogens (tertiary/aromatic N) is 2. The van der Waals surface area contributed by atoms with Crippen LogP contribution in [-0.4, -0.2) is 54.0 Å². The van der Waals surface area contributed by atoms with E-state index in [9.17, 15) is 9.90 Å². The normalized spacial score (nSPS) is 21.9. The van der Waals surface area contributed by atoms with E-state index in [0.29, 0.717) is 6.54 Å². The molecule has 3 rings (SSSR count). The number of likely N-dealkylation sites (tertiary alicyclic amines) is 1. The topological polar surface area (TPSA) is 43.8 Å². The van der Waals surface area contributed by atoms with E-state index in [0.717, 1.165) is 50.9 Å². The molecule has 4 heteroatoms. The molecule has 1 aliphatic carbocycles. The fraction of sp³-hybridized carbons (Fsp3) is 0.682. The Morgan fingerprint density at radius 1 is 1.08 bits per heavy atom. The monoisotopic (exact) mass is 358 g/mol. The lowest BCUT2D eigenvalue weighted by Gasteiger charge is -2.40. The Morgan fingerprint density at radius 3 is 2.35 bits per heavy atom. The number of carbonyl (C=O) groups excluding carboxylic acids is 1. The maximum Gasteiger partial charge on any atom is 0.259 e. The Balaban J connectivity index is 1.73. The molecule has 0 aromatic heterocycles. The minimum Gasteiger partial charge on any atom is -0.375 e. The number of benzene rings is 1. The molecule has 1 aromatic rings. The summed E-state index contributed by atoms with van der Waals surface area (Å²) in [5.41, 5.74) is -0.639. The van der Waals surface area contributed by atoms with Gasteiger partial charge in [-0.2, -0.15) is 0 Å². The Bertz CT molecular complexity index is 565. The third kappa shape index (κ3) is 4.29. The second kappa shape index (κ2) is 9.01. The fourth-order valence-electron chi connectivity index (χ4n) is 4.61. The van der Waals surface area contributed by atoms with Crippen molar-refractivity contribution in [2.24, 2.45) is 5.92 Å². The second-order valence-corrected chi connectivity index (χ2v) is 8.10. The molecule has 0 bridgehead atoms. The van der Waals surface area contributed by atoms with Gasteiger partial charge in [-0.3, -0.25) is 4.79 Å². The van der Waals surface area contributed by atoms with Crippen LogP contribution in [-0.2, 0) is 10.4 Å². The highest BCUT2D eigenvalue weighted by atomic mass is 16.3. The second-order valence-electron chi connectivity index (χ2n) is 8.10. The van der Waals surface area contributed by atoms with E-state index in [1.54, 1.807) is 4.90 Å². The Labute approximate surface area is 158 Å². The molecule has 1 unspecified atom stereocenters. The van der Waals surface area contributed by atoms with Crippen LogP contribution in [0.1, 0.15) is 56.9 Å². The lowest BCUT2D eigenvalue weighted by molar-refractivity contribution is -0.160. The average molecular weight is 359 g/mol. The first-order valence-corrected chi connectivity index (χ1v) is 10.4. The van der Waals surface area contributed by atoms with Gasteiger partial charge in [0.25, 0.3) is 5.91 Å². The first-order valence-electron chi connectivity index (χ1n) is 10.4. The van der Waals surface area contributed by atoms with Gasteiger partial charge in [0, 0.05) is 26.1 Å². The minimum atomic E-state index is -1.39. The summed E-state index contributed by atoms with van der Waals surface area (Å²) in [6.45, 7) is 3.85. The van der Waals surface area contributed by atoms with Crippen molar-refractivity contribution in [1.82, 2.24) is 9.80 Å². The van der Waals surface area contributed by atoms with Crippen molar-refractivity contribution in [3.05, 3.63) is 35.9 Å². The smallest absolute Gasteiger partial charge is 0.259 e. The van der Waals surface area contributed by atoms with Crippen LogP contribution in [0.2, 0.25) is 0 Å². The molecule has 26 heavy (non-hydrogen) atoms. The molecule has 1 heterocycles. The van der Waals surface area contributed by atoms with E-state index in [2.05, 4.69) is 4.90 Å². The summed E-state index contributed by atoms with van der Waals surface area (Å²) >= 11 is 0. The van der Waals surface area contributed by atoms with Crippen LogP contribution in [0.15, 0.2) is 30.3 Å². The highest BCUT2D eigenvalue weighted by Crippen LogP contribution is 2.40. The molecule has 1 saturated carbocycles. The molecule has 1 aromatic carbocycles. The number of likely N-dealkylation sites (N-methyl/N-ethyl adjacent to an activating group) is 1. The van der Waals surface area contributed by atoms with Crippen LogP contribution >= 0.6 is 0 Å². The van der Waals surface area contributed by atoms with Crippen LogP contribution in [0, 0.1) is 5.92 Å². The molecule has 1 amide bonds. The Hall–Kier alpha value is -1.39. The van der Waals surface area contributed by atoms with Crippen molar-refractivity contribution in [2.45, 2.75) is 57.0 Å². The van der Waals surface area contributed by atoms with Gasteiger partial charge in [-0.05, 0) is 44.3 Å². The molecule has 0 spiro atoms. The van der Waals surface area contributed by atoms with Gasteiger partial charge in [-0.1, -0.05) is 56.0 Å². The van der Waals surface area contributed by atoms with E-state index in [4.69, 9.17) is 0 Å². The summed E-state index contributed by atoms with van der Waals surface area (Å²) in [5.74, 6) is -0.115. The number of aliphatic hydroxyl groups is 1. The van der Waals surface area contributed by atoms with E-state index in [-0.39, 0.29) is 11.8 Å². The summed E-state index contributed by atoms with van der Waals surface area (Å²) in [6.07, 6.45) is 9.10. The van der Waals surface area contributed by atoms with Gasteiger partial charge in [0.2, 0.25) is 0 Å². The zero-order valence-corrected chi connectivity index (χ0v) is 16.2. The van der Waals surface area contributed by atoms with Gasteiger partial charge in [0.1, 0.15) is 0 Å². The lowest BCUT2D eigenvalue weighted by atomic mass is 9.72. The molecule has 1 N–H and O–H groups in total. The predicted molar refractivity (Wildman–Crippen MR) is 105 cm³/mol. The highest BCUT2D eigenvalue weighted by molar-refractivity contribution is 5.86. The number of hydrogen-bond donors (Lipinski definition) is 1. The molecule has 4 nitrogen and oxygen atoms in total. The zero-order valence-electron chi connectivity index (χ0n) is 16.2. The van der Waals surface area contributed by atoms with Crippen LogP contribution in [0.5, 0.6) is 0 Å². The van der Waals surface area contributed by atoms with Gasteiger partial charge >= 0.3 is 0 Å². The van der Waals surface area contributed by atoms with Gasteiger partial charge in [-0.25, -0.2) is 0 Å². The SMILES string of the molecule is CN(CCN1CCCCC1)C(=O)C(O)(c1ccccc1)C1CCCCC1. The fourth-order valence-corrected chi connectivity index (χ4v) is 4.61. The van der Waals surface area contributed by atoms with Crippen LogP contribution in [0.4, 0.5) is 0 Å². The summed E-state index contributed by atoms with van der Waals surface area (Å²) in [6, 6.07) is 9.60. The van der Waals surface area contributed by atoms with Gasteiger partial charge in [0.15, 0.2) is 5.60 Å². The Morgan fingerprint density at radius 2 is 1.69 bits per heavy atom. The molecule has 1 atom stereocenters. The van der Waals surface area contributed by atoms with Crippen molar-refractivity contribution >= 4 is 5.91 Å². The molecular weight excluding hydrogens is 324 g/mol. The lowest BCUT2D eigenvalue weighted by Crippen LogP contribution is -2.52. The molecular formula is C22H34N2O2. The minimum absolute atomic E-state index is 0.0172. The largest absolute Gasteiger partial charge is 0.375 e. The van der Waals surface area contributed by atoms with Gasteiger partial charge < -0.3 is 14.9 Å². The number of carbonyl (C=O) groups is 1. The van der Waals surface area contributed by atoms with E-state index in [1.165, 1.54) is 25.7 Å². The van der Waals surface area contributed by atoms with E-state index >= 15 is 0 Å². The van der Waals surface area contributed by atoms with Gasteiger partial charge in [0.05, 0.1) is 0 Å². The first kappa shape index (κ1) is 19.4. The number of amides is 1. The highest BCUT2D eigenvalue weighted by Gasteiger charge is 2.46. The standard InChI is InChI=1S/C22H34N2O2/c1-23(17-18-24-15-9-4-10-16-24)21(25)22(26,19-11-5-2-6-12-19)20-13-7-3-8-14-20/h2,5-6,11-12,20,26H,3-4,7-10,13-18H2,1H3. The molecule has 1 aliphatic heterocycles. The maximum absolute atomic E-state index is 13.4. The maximum atomic E-state index is 13.4. The summed E-state index contributed by atoms with van der Waals surface area (Å²) < 4.78 is 0. The Kier molecular flexibility index (Phi) is 6.71. The summed E-state index contributed by atoms with van der Waals surface area (Å²) in [7, 11) is 1.85. The number of piperidine rings is 1. The van der Waals surface area contributed by atoms with Crippen molar-refractivity contribution in [3.63, 3.8) is 0 Å². The summed E-state index contributed by atoms with van der Waals surface area (Å²) in [4.78, 5) is 17.6. The van der Waals surface area contributed by atoms with Crippen molar-refractivity contribution in [1.29, 1.82) is 0 Å². The molecule has 2 fully saturated rings. The number of rotatable bonds is 6.